The zero-order valence-electron chi connectivity index (χ0n) is 53.0. The third kappa shape index (κ3) is 46.5. The number of ether oxygens (including phenoxy) is 2. The molecule has 0 aromatic carbocycles. The molecule has 0 radical (unpaired) electrons. The van der Waals surface area contributed by atoms with Crippen molar-refractivity contribution in [3.05, 3.63) is 24.3 Å². The second kappa shape index (κ2) is 58.9. The second-order valence-electron chi connectivity index (χ2n) is 25.0. The fraction of sp³-hybridized carbons (Fsp3) is 0.929. The lowest BCUT2D eigenvalue weighted by Crippen LogP contribution is -2.60. The van der Waals surface area contributed by atoms with Crippen LogP contribution in [0.4, 0.5) is 0 Å². The summed E-state index contributed by atoms with van der Waals surface area (Å²) in [5.41, 5.74) is 0. The van der Waals surface area contributed by atoms with Gasteiger partial charge in [0.05, 0.1) is 25.4 Å². The minimum atomic E-state index is -1.66. The standard InChI is InChI=1S/C70H135NO10/c1-3-5-7-9-11-13-15-17-19-21-23-25-27-28-29-30-31-32-33-34-35-36-38-39-41-43-45-47-49-51-53-55-57-62(73)65(75)61(60-80-70-68(78)67(77)66(76)64(59-72)81-70)71-69(79)63(74)58-56-54-52-50-48-46-44-42-40-37-26-24-22-20-18-16-14-12-10-8-6-4-2/h24,26,40,42,61-68,70,72-78H,3-23,25,27-39,41,43-60H2,1-2H3,(H,71,79)/b26-24-,42-40-. The first-order valence-electron chi connectivity index (χ1n) is 35.2. The van der Waals surface area contributed by atoms with E-state index in [1.54, 1.807) is 0 Å². The van der Waals surface area contributed by atoms with E-state index in [9.17, 15) is 40.5 Å². The van der Waals surface area contributed by atoms with Crippen LogP contribution in [0.3, 0.4) is 0 Å². The average Bonchev–Trinajstić information content (AvgIpc) is 3.49. The minimum Gasteiger partial charge on any atom is -0.394 e. The summed E-state index contributed by atoms with van der Waals surface area (Å²) in [5, 5.41) is 76.5. The number of aliphatic hydroxyl groups is 7. The molecule has 1 saturated heterocycles. The van der Waals surface area contributed by atoms with E-state index in [1.807, 2.05) is 0 Å². The lowest BCUT2D eigenvalue weighted by Gasteiger charge is -2.40. The van der Waals surface area contributed by atoms with Gasteiger partial charge in [0.2, 0.25) is 5.91 Å². The normalized spacial score (nSPS) is 19.2. The molecule has 1 aliphatic heterocycles. The van der Waals surface area contributed by atoms with E-state index in [0.717, 1.165) is 64.2 Å². The third-order valence-corrected chi connectivity index (χ3v) is 17.3. The van der Waals surface area contributed by atoms with Crippen molar-refractivity contribution in [3.63, 3.8) is 0 Å². The van der Waals surface area contributed by atoms with Gasteiger partial charge in [-0.25, -0.2) is 0 Å². The predicted octanol–water partition coefficient (Wildman–Crippen LogP) is 16.8. The molecule has 8 N–H and O–H groups in total. The van der Waals surface area contributed by atoms with Crippen LogP contribution in [0.1, 0.15) is 348 Å². The molecule has 9 unspecified atom stereocenters. The number of hydrogen-bond donors (Lipinski definition) is 8. The Morgan fingerprint density at radius 1 is 0.432 bits per heavy atom. The second-order valence-corrected chi connectivity index (χ2v) is 25.0. The summed E-state index contributed by atoms with van der Waals surface area (Å²) >= 11 is 0. The summed E-state index contributed by atoms with van der Waals surface area (Å²) in [6.07, 6.45) is 62.6. The van der Waals surface area contributed by atoms with Crippen LogP contribution >= 0.6 is 0 Å². The van der Waals surface area contributed by atoms with Crippen LogP contribution in [-0.4, -0.2) is 110 Å². The molecule has 0 aromatic heterocycles. The van der Waals surface area contributed by atoms with E-state index >= 15 is 0 Å². The maximum atomic E-state index is 13.2. The van der Waals surface area contributed by atoms with Gasteiger partial charge in [0, 0.05) is 0 Å². The summed E-state index contributed by atoms with van der Waals surface area (Å²) in [5.74, 6) is -0.699. The number of amides is 1. The predicted molar refractivity (Wildman–Crippen MR) is 339 cm³/mol. The number of rotatable bonds is 62. The molecule has 1 aliphatic rings. The lowest BCUT2D eigenvalue weighted by molar-refractivity contribution is -0.303. The summed E-state index contributed by atoms with van der Waals surface area (Å²) < 4.78 is 11.2. The highest BCUT2D eigenvalue weighted by atomic mass is 16.7. The largest absolute Gasteiger partial charge is 0.394 e. The highest BCUT2D eigenvalue weighted by Gasteiger charge is 2.44. The number of carbonyl (C=O) groups is 1. The first-order valence-corrected chi connectivity index (χ1v) is 35.2. The van der Waals surface area contributed by atoms with Crippen LogP contribution < -0.4 is 5.32 Å². The van der Waals surface area contributed by atoms with Gasteiger partial charge in [-0.3, -0.25) is 4.79 Å². The van der Waals surface area contributed by atoms with Crippen molar-refractivity contribution < 1.29 is 50.0 Å². The van der Waals surface area contributed by atoms with Gasteiger partial charge >= 0.3 is 0 Å². The van der Waals surface area contributed by atoms with Gasteiger partial charge in [0.25, 0.3) is 0 Å². The molecule has 0 aliphatic carbocycles. The van der Waals surface area contributed by atoms with Crippen molar-refractivity contribution in [1.82, 2.24) is 5.32 Å². The fourth-order valence-corrected chi connectivity index (χ4v) is 11.6. The molecule has 0 aromatic rings. The molecule has 11 heteroatoms. The van der Waals surface area contributed by atoms with Gasteiger partial charge < -0.3 is 50.5 Å². The highest BCUT2D eigenvalue weighted by molar-refractivity contribution is 5.80. The maximum Gasteiger partial charge on any atom is 0.249 e. The van der Waals surface area contributed by atoms with Gasteiger partial charge in [-0.15, -0.1) is 0 Å². The van der Waals surface area contributed by atoms with Gasteiger partial charge in [0.1, 0.15) is 36.6 Å². The molecule has 1 amide bonds. The molecule has 0 spiro atoms. The highest BCUT2D eigenvalue weighted by Crippen LogP contribution is 2.24. The fourth-order valence-electron chi connectivity index (χ4n) is 11.6. The summed E-state index contributed by atoms with van der Waals surface area (Å²) in [7, 11) is 0. The molecule has 480 valence electrons. The summed E-state index contributed by atoms with van der Waals surface area (Å²) in [6.45, 7) is 3.51. The van der Waals surface area contributed by atoms with Crippen molar-refractivity contribution in [2.45, 2.75) is 403 Å². The Morgan fingerprint density at radius 3 is 1.10 bits per heavy atom. The Hall–Kier alpha value is -1.41. The Kier molecular flexibility index (Phi) is 56.5. The number of allylic oxidation sites excluding steroid dienone is 4. The number of nitrogens with one attached hydrogen (secondary N) is 1. The van der Waals surface area contributed by atoms with Crippen molar-refractivity contribution in [1.29, 1.82) is 0 Å². The van der Waals surface area contributed by atoms with Crippen LogP contribution in [0.25, 0.3) is 0 Å². The van der Waals surface area contributed by atoms with Crippen LogP contribution in [0.15, 0.2) is 24.3 Å². The lowest BCUT2D eigenvalue weighted by atomic mass is 9.98. The molecule has 0 bridgehead atoms. The molecule has 1 fully saturated rings. The van der Waals surface area contributed by atoms with E-state index in [4.69, 9.17) is 9.47 Å². The van der Waals surface area contributed by atoms with E-state index in [1.165, 1.54) is 244 Å². The molecule has 11 nitrogen and oxygen atoms in total. The first kappa shape index (κ1) is 77.6. The molecular weight excluding hydrogens is 1010 g/mol. The van der Waals surface area contributed by atoms with Gasteiger partial charge in [-0.2, -0.15) is 0 Å². The quantitative estimate of drug-likeness (QED) is 0.0215. The summed E-state index contributed by atoms with van der Waals surface area (Å²) in [6, 6.07) is -1.17. The minimum absolute atomic E-state index is 0.250. The van der Waals surface area contributed by atoms with E-state index < -0.39 is 74.2 Å². The average molecular weight is 1150 g/mol. The van der Waals surface area contributed by atoms with Gasteiger partial charge in [-0.1, -0.05) is 327 Å². The SMILES string of the molecule is CCCCCCCCCCC/C=C\C/C=C\CCCCCCCCC(O)C(=O)NC(COC1OC(CO)C(O)C(O)C1O)C(O)C(O)CCCCCCCCCCCCCCCCCCCCCCCCCCCCCCCCCC. The number of carbonyl (C=O) groups excluding carboxylic acids is 1. The van der Waals surface area contributed by atoms with Crippen LogP contribution in [0.5, 0.6) is 0 Å². The molecular formula is C70H135NO10. The van der Waals surface area contributed by atoms with Crippen molar-refractivity contribution in [2.24, 2.45) is 0 Å². The van der Waals surface area contributed by atoms with E-state index in [0.29, 0.717) is 19.3 Å². The monoisotopic (exact) mass is 1150 g/mol. The topological polar surface area (TPSA) is 189 Å². The maximum absolute atomic E-state index is 13.2. The number of hydrogen-bond acceptors (Lipinski definition) is 10. The Bertz CT molecular complexity index is 1370. The molecule has 1 rings (SSSR count). The Morgan fingerprint density at radius 2 is 0.753 bits per heavy atom. The first-order chi connectivity index (χ1) is 39.7. The molecule has 1 heterocycles. The zero-order valence-corrected chi connectivity index (χ0v) is 53.0. The Labute approximate surface area is 499 Å². The number of unbranched alkanes of at least 4 members (excludes halogenated alkanes) is 46. The smallest absolute Gasteiger partial charge is 0.249 e. The molecule has 81 heavy (non-hydrogen) atoms. The van der Waals surface area contributed by atoms with Crippen LogP contribution in [-0.2, 0) is 14.3 Å². The van der Waals surface area contributed by atoms with Crippen molar-refractivity contribution >= 4 is 5.91 Å². The van der Waals surface area contributed by atoms with E-state index in [-0.39, 0.29) is 6.42 Å². The van der Waals surface area contributed by atoms with Gasteiger partial charge in [0.15, 0.2) is 6.29 Å². The van der Waals surface area contributed by atoms with E-state index in [2.05, 4.69) is 43.5 Å². The van der Waals surface area contributed by atoms with Gasteiger partial charge in [-0.05, 0) is 44.9 Å². The molecule has 0 saturated carbocycles. The number of aliphatic hydroxyl groups excluding tert-OH is 7. The molecule has 9 atom stereocenters. The van der Waals surface area contributed by atoms with Crippen LogP contribution in [0, 0.1) is 0 Å². The van der Waals surface area contributed by atoms with Crippen LogP contribution in [0.2, 0.25) is 0 Å². The van der Waals surface area contributed by atoms with Crippen molar-refractivity contribution in [2.75, 3.05) is 13.2 Å². The Balaban J connectivity index is 2.19. The third-order valence-electron chi connectivity index (χ3n) is 17.3. The zero-order chi connectivity index (χ0) is 58.9. The summed E-state index contributed by atoms with van der Waals surface area (Å²) in [4.78, 5) is 13.2. The van der Waals surface area contributed by atoms with Crippen molar-refractivity contribution in [3.8, 4) is 0 Å².